The molecule has 0 bridgehead atoms. The van der Waals surface area contributed by atoms with Crippen molar-refractivity contribution in [1.82, 2.24) is 10.0 Å². The van der Waals surface area contributed by atoms with Gasteiger partial charge in [-0.2, -0.15) is 38.4 Å². The number of aliphatic carboxylic acids is 2. The first kappa shape index (κ1) is 53.1. The van der Waals surface area contributed by atoms with Crippen molar-refractivity contribution in [3.05, 3.63) is 0 Å². The number of carboxylic acids is 2. The lowest BCUT2D eigenvalue weighted by atomic mass is 9.95. The molecule has 366 valence electrons. The average Bonchev–Trinajstić information content (AvgIpc) is 3.09. The van der Waals surface area contributed by atoms with E-state index in [0.717, 1.165) is 6.92 Å². The number of carbonyl (C=O) groups excluding carboxylic acids is 1. The van der Waals surface area contributed by atoms with Crippen molar-refractivity contribution in [3.8, 4) is 0 Å². The van der Waals surface area contributed by atoms with Crippen molar-refractivity contribution < 1.29 is 145 Å². The van der Waals surface area contributed by atoms with Crippen LogP contribution in [0.5, 0.6) is 0 Å². The summed E-state index contributed by atoms with van der Waals surface area (Å²) in [5.41, 5.74) is 0. The molecule has 15 N–H and O–H groups in total. The third-order valence-corrected chi connectivity index (χ3v) is 12.8. The Bertz CT molecular complexity index is 2130. The van der Waals surface area contributed by atoms with Crippen molar-refractivity contribution in [2.24, 2.45) is 0 Å². The van der Waals surface area contributed by atoms with Crippen LogP contribution in [0.15, 0.2) is 0 Å². The largest absolute Gasteiger partial charge is 0.479 e. The van der Waals surface area contributed by atoms with Crippen LogP contribution in [0.25, 0.3) is 0 Å². The Morgan fingerprint density at radius 1 is 0.540 bits per heavy atom. The Hall–Kier alpha value is -2.55. The number of amides is 1. The lowest BCUT2D eigenvalue weighted by molar-refractivity contribution is -0.354. The summed E-state index contributed by atoms with van der Waals surface area (Å²) in [4.78, 5) is 35.9. The third-order valence-electron chi connectivity index (χ3n) is 9.56. The molecule has 0 saturated carbocycles. The van der Waals surface area contributed by atoms with Gasteiger partial charge in [0.1, 0.15) is 90.7 Å². The minimum atomic E-state index is -5.92. The average molecular weight is 1010 g/mol. The quantitative estimate of drug-likeness (QED) is 0.0638. The van der Waals surface area contributed by atoms with Crippen LogP contribution in [0.2, 0.25) is 0 Å². The lowest BCUT2D eigenvalue weighted by Gasteiger charge is -2.49. The van der Waals surface area contributed by atoms with Crippen LogP contribution in [-0.4, -0.2) is 249 Å². The molecule has 0 spiro atoms. The molecule has 20 atom stereocenters. The zero-order chi connectivity index (χ0) is 48.1. The molecule has 4 fully saturated rings. The summed E-state index contributed by atoms with van der Waals surface area (Å²) < 4.78 is 174. The zero-order valence-electron chi connectivity index (χ0n) is 31.3. The lowest BCUT2D eigenvalue weighted by Crippen LogP contribution is -2.71. The van der Waals surface area contributed by atoms with Crippen molar-refractivity contribution in [2.45, 2.75) is 129 Å². The Balaban J connectivity index is 1.76. The second-order valence-electron chi connectivity index (χ2n) is 14.2. The molecule has 4 aliphatic rings. The summed E-state index contributed by atoms with van der Waals surface area (Å²) in [5, 5.41) is 93.1. The Labute approximate surface area is 353 Å². The van der Waals surface area contributed by atoms with E-state index in [1.165, 1.54) is 4.72 Å². The highest BCUT2D eigenvalue weighted by atomic mass is 32.2. The van der Waals surface area contributed by atoms with Crippen LogP contribution >= 0.6 is 0 Å². The molecule has 4 saturated heterocycles. The van der Waals surface area contributed by atoms with Gasteiger partial charge in [0.05, 0.1) is 0 Å². The Morgan fingerprint density at radius 2 is 1.00 bits per heavy atom. The number of hydrogen-bond acceptors (Lipinski definition) is 25. The highest BCUT2D eigenvalue weighted by Crippen LogP contribution is 2.36. The predicted molar refractivity (Wildman–Crippen MR) is 187 cm³/mol. The summed E-state index contributed by atoms with van der Waals surface area (Å²) in [6.45, 7) is 0.860. The highest BCUT2D eigenvalue weighted by molar-refractivity contribution is 7.86. The number of carboxylic acid groups (broad SMARTS) is 2. The molecule has 4 heterocycles. The molecule has 0 aromatic rings. The maximum absolute atomic E-state index is 12.8. The van der Waals surface area contributed by atoms with Crippen molar-refractivity contribution in [3.63, 3.8) is 0 Å². The summed E-state index contributed by atoms with van der Waals surface area (Å²) in [6.07, 6.45) is -43.8. The molecule has 0 aromatic carbocycles. The van der Waals surface area contributed by atoms with Crippen LogP contribution in [0, 0.1) is 0 Å². The first-order chi connectivity index (χ1) is 28.6. The SMILES string of the molecule is CC(=O)N[C@@H]1[C@@H](O)[C@H](O[C@H]2O[C@H](C(=O)O)[C@H](O[C@@H]3O[C@H](CS(=O)(=O)O)[C@@H](O[C@H]4O[C@H](C(=O)O)[C@H](O)[C@@H](O)[C@@H]4O)[C@H](O)[C@H]3NS(=O)(=O)O)[C@@H](O)[C@@H]2S(=O)(=O)O)[C@@H](CS(=O)(=O)O)O[C@H]1O. The van der Waals surface area contributed by atoms with Gasteiger partial charge in [-0.1, -0.05) is 0 Å². The normalized spacial score (nSPS) is 42.0. The topological polar surface area (TPSA) is 539 Å². The van der Waals surface area contributed by atoms with Gasteiger partial charge < -0.3 is 84.4 Å². The molecular weight excluding hydrogens is 965 g/mol. The second kappa shape index (κ2) is 19.7. The maximum atomic E-state index is 12.8. The number of carbonyl (C=O) groups is 3. The molecule has 37 heteroatoms. The number of rotatable bonds is 16. The van der Waals surface area contributed by atoms with E-state index in [9.17, 15) is 112 Å². The fourth-order valence-corrected chi connectivity index (χ4v) is 9.79. The molecule has 0 aromatic heterocycles. The standard InChI is InChI=1S/C26H42N2O31S4/c1-4(29)27-7-9(30)15(5(53-23(7)40)2-60(41,42)43)56-26-20(62(47,48)49)14(35)17(19(59-26)22(38)39)57-24-8(28-63(50,51)52)10(31)16(6(54-24)3-61(44,45)46)55-25-13(34)11(32)12(33)18(58-25)21(36)37/h5-20,23-26,28,30-35,40H,2-3H2,1H3,(H,27,29)(H,36,37)(H,38,39)(H,41,42,43)(H,44,45,46)(H,47,48,49)(H,50,51,52)/t5-,6-,7-,8-,9-,10-,11-,12-,13+,14-,15-,16-,17-,18+,19+,20+,23-,24+,25+,26+/m1/s1. The van der Waals surface area contributed by atoms with Crippen LogP contribution in [0.3, 0.4) is 0 Å². The van der Waals surface area contributed by atoms with Gasteiger partial charge in [-0.25, -0.2) is 9.59 Å². The highest BCUT2D eigenvalue weighted by Gasteiger charge is 2.60. The third kappa shape index (κ3) is 13.1. The van der Waals surface area contributed by atoms with E-state index in [0.29, 0.717) is 0 Å². The van der Waals surface area contributed by atoms with Crippen LogP contribution in [-0.2, 0) is 88.2 Å². The Kier molecular flexibility index (Phi) is 16.6. The number of nitrogens with one attached hydrogen (secondary N) is 2. The van der Waals surface area contributed by atoms with E-state index >= 15 is 0 Å². The molecule has 4 rings (SSSR count). The molecule has 0 radical (unpaired) electrons. The van der Waals surface area contributed by atoms with E-state index < -0.39 is 192 Å². The van der Waals surface area contributed by atoms with Gasteiger partial charge in [-0.3, -0.25) is 23.0 Å². The molecule has 33 nitrogen and oxygen atoms in total. The van der Waals surface area contributed by atoms with Gasteiger partial charge in [-0.15, -0.1) is 0 Å². The summed E-state index contributed by atoms with van der Waals surface area (Å²) >= 11 is 0. The van der Waals surface area contributed by atoms with Gasteiger partial charge in [0.15, 0.2) is 42.6 Å². The van der Waals surface area contributed by atoms with Crippen LogP contribution in [0.4, 0.5) is 0 Å². The smallest absolute Gasteiger partial charge is 0.335 e. The number of hydrogen-bond donors (Lipinski definition) is 15. The fourth-order valence-electron chi connectivity index (χ4n) is 6.91. The minimum absolute atomic E-state index is 0.860. The summed E-state index contributed by atoms with van der Waals surface area (Å²) in [5.74, 6) is -8.58. The Morgan fingerprint density at radius 3 is 1.46 bits per heavy atom. The van der Waals surface area contributed by atoms with E-state index in [2.05, 4.69) is 0 Å². The predicted octanol–water partition coefficient (Wildman–Crippen LogP) is -10.3. The molecule has 0 unspecified atom stereocenters. The van der Waals surface area contributed by atoms with Gasteiger partial charge in [-0.05, 0) is 0 Å². The zero-order valence-corrected chi connectivity index (χ0v) is 34.5. The van der Waals surface area contributed by atoms with E-state index in [1.807, 2.05) is 5.32 Å². The monoisotopic (exact) mass is 1010 g/mol. The second-order valence-corrected chi connectivity index (χ2v) is 20.0. The first-order valence-corrected chi connectivity index (χ1v) is 23.5. The van der Waals surface area contributed by atoms with Gasteiger partial charge in [0.2, 0.25) is 5.91 Å². The molecule has 1 amide bonds. The van der Waals surface area contributed by atoms with Crippen molar-refractivity contribution >= 4 is 58.5 Å². The van der Waals surface area contributed by atoms with Gasteiger partial charge >= 0.3 is 22.2 Å². The van der Waals surface area contributed by atoms with Crippen molar-refractivity contribution in [2.75, 3.05) is 11.5 Å². The molecule has 4 aliphatic heterocycles. The van der Waals surface area contributed by atoms with E-state index in [4.69, 9.17) is 33.2 Å². The first-order valence-electron chi connectivity index (χ1n) is 17.3. The van der Waals surface area contributed by atoms with E-state index in [1.54, 1.807) is 0 Å². The maximum Gasteiger partial charge on any atom is 0.335 e. The van der Waals surface area contributed by atoms with Gasteiger partial charge in [0.25, 0.3) is 30.4 Å². The van der Waals surface area contributed by atoms with Gasteiger partial charge in [0, 0.05) is 6.92 Å². The molecule has 63 heavy (non-hydrogen) atoms. The minimum Gasteiger partial charge on any atom is -0.479 e. The number of ether oxygens (including phenoxy) is 7. The summed E-state index contributed by atoms with van der Waals surface area (Å²) in [7, 11) is -22.1. The molecule has 0 aliphatic carbocycles. The number of aliphatic hydroxyl groups is 7. The number of aliphatic hydroxyl groups excluding tert-OH is 7. The summed E-state index contributed by atoms with van der Waals surface area (Å²) in [6, 6.07) is -4.65. The van der Waals surface area contributed by atoms with Crippen LogP contribution in [0.1, 0.15) is 6.92 Å². The fraction of sp³-hybridized carbons (Fsp3) is 0.885. The van der Waals surface area contributed by atoms with E-state index in [-0.39, 0.29) is 0 Å². The van der Waals surface area contributed by atoms with Crippen molar-refractivity contribution in [1.29, 1.82) is 0 Å². The molecular formula is C26H42N2O31S4. The van der Waals surface area contributed by atoms with Crippen LogP contribution < -0.4 is 10.0 Å².